The van der Waals surface area contributed by atoms with Crippen molar-refractivity contribution in [2.75, 3.05) is 21.2 Å². The van der Waals surface area contributed by atoms with Gasteiger partial charge in [-0.15, -0.1) is 0 Å². The van der Waals surface area contributed by atoms with Gasteiger partial charge in [0.1, 0.15) is 5.75 Å². The summed E-state index contributed by atoms with van der Waals surface area (Å²) in [5, 5.41) is 10.6. The van der Waals surface area contributed by atoms with Crippen LogP contribution in [0.4, 0.5) is 5.69 Å². The van der Waals surface area contributed by atoms with Crippen molar-refractivity contribution in [2.24, 2.45) is 0 Å². The van der Waals surface area contributed by atoms with Gasteiger partial charge in [0.15, 0.2) is 11.3 Å². The van der Waals surface area contributed by atoms with Crippen LogP contribution in [0.1, 0.15) is 10.4 Å². The van der Waals surface area contributed by atoms with E-state index in [9.17, 15) is 23.3 Å². The Morgan fingerprint density at radius 2 is 1.79 bits per heavy atom. The van der Waals surface area contributed by atoms with Gasteiger partial charge in [-0.25, -0.2) is 17.5 Å². The maximum atomic E-state index is 12.6. The highest BCUT2D eigenvalue weighted by Crippen LogP contribution is 2.34. The van der Waals surface area contributed by atoms with Crippen molar-refractivity contribution < 1.29 is 32.0 Å². The van der Waals surface area contributed by atoms with Crippen LogP contribution >= 0.6 is 0 Å². The molecule has 0 atom stereocenters. The normalized spacial score (nSPS) is 11.6. The van der Waals surface area contributed by atoms with E-state index in [1.807, 2.05) is 0 Å². The Labute approximate surface area is 165 Å². The van der Waals surface area contributed by atoms with E-state index in [1.54, 1.807) is 0 Å². The molecule has 0 saturated heterocycles. The third kappa shape index (κ3) is 3.77. The Morgan fingerprint density at radius 1 is 1.14 bits per heavy atom. The summed E-state index contributed by atoms with van der Waals surface area (Å²) in [5.41, 5.74) is -0.0285. The number of carbonyl (C=O) groups is 1. The minimum absolute atomic E-state index is 0.0445. The number of non-ortho nitro benzene ring substituents is 1. The third-order valence-electron chi connectivity index (χ3n) is 4.06. The summed E-state index contributed by atoms with van der Waals surface area (Å²) in [6.07, 6.45) is 0. The number of nitrogens with zero attached hydrogens (tertiary/aromatic N) is 2. The van der Waals surface area contributed by atoms with Crippen LogP contribution in [0.25, 0.3) is 11.0 Å². The number of methoxy groups -OCH3 is 1. The van der Waals surface area contributed by atoms with E-state index < -0.39 is 20.9 Å². The Kier molecular flexibility index (Phi) is 5.27. The maximum Gasteiger partial charge on any atom is 0.344 e. The predicted octanol–water partition coefficient (Wildman–Crippen LogP) is 2.82. The number of hydrogen-bond donors (Lipinski definition) is 0. The molecule has 0 unspecified atom stereocenters. The molecule has 2 aromatic carbocycles. The molecule has 0 aliphatic rings. The number of fused-ring (bicyclic) bond motifs is 1. The van der Waals surface area contributed by atoms with E-state index >= 15 is 0 Å². The van der Waals surface area contributed by atoms with Gasteiger partial charge in [0.05, 0.1) is 17.6 Å². The molecule has 0 saturated carbocycles. The standard InChI is InChI=1S/C18H16N2O8S/c1-19(2)29(24,25)16-10-14-13(8-9-15(26-3)17(14)28-16)18(21)27-12-6-4-11(5-7-12)20(22)23/h4-10H,1-3H3. The predicted molar refractivity (Wildman–Crippen MR) is 102 cm³/mol. The first-order valence-corrected chi connectivity index (χ1v) is 9.59. The summed E-state index contributed by atoms with van der Waals surface area (Å²) in [5.74, 6) is -0.456. The van der Waals surface area contributed by atoms with Gasteiger partial charge >= 0.3 is 5.97 Å². The second-order valence-electron chi connectivity index (χ2n) is 6.05. The molecule has 3 rings (SSSR count). The molecule has 0 spiro atoms. The average Bonchev–Trinajstić information content (AvgIpc) is 3.13. The second-order valence-corrected chi connectivity index (χ2v) is 8.13. The summed E-state index contributed by atoms with van der Waals surface area (Å²) < 4.78 is 41.6. The zero-order chi connectivity index (χ0) is 21.3. The molecule has 0 aliphatic carbocycles. The quantitative estimate of drug-likeness (QED) is 0.258. The number of carbonyl (C=O) groups excluding carboxylic acids is 1. The fraction of sp³-hybridized carbons (Fsp3) is 0.167. The van der Waals surface area contributed by atoms with Crippen LogP contribution < -0.4 is 9.47 Å². The number of rotatable bonds is 6. The smallest absolute Gasteiger partial charge is 0.344 e. The monoisotopic (exact) mass is 420 g/mol. The van der Waals surface area contributed by atoms with E-state index in [0.717, 1.165) is 4.31 Å². The van der Waals surface area contributed by atoms with Crippen LogP contribution in [-0.4, -0.2) is 44.8 Å². The topological polar surface area (TPSA) is 129 Å². The van der Waals surface area contributed by atoms with E-state index in [2.05, 4.69) is 0 Å². The first-order valence-electron chi connectivity index (χ1n) is 8.15. The molecule has 0 aliphatic heterocycles. The van der Waals surface area contributed by atoms with E-state index in [4.69, 9.17) is 13.9 Å². The van der Waals surface area contributed by atoms with Crippen molar-refractivity contribution in [2.45, 2.75) is 5.09 Å². The number of sulfonamides is 1. The van der Waals surface area contributed by atoms with Gasteiger partial charge in [0.2, 0.25) is 5.09 Å². The van der Waals surface area contributed by atoms with Crippen molar-refractivity contribution in [3.05, 3.63) is 58.1 Å². The van der Waals surface area contributed by atoms with E-state index in [1.165, 1.54) is 63.7 Å². The molecule has 0 fully saturated rings. The van der Waals surface area contributed by atoms with Gasteiger partial charge in [-0.1, -0.05) is 0 Å². The van der Waals surface area contributed by atoms with Crippen LogP contribution in [-0.2, 0) is 10.0 Å². The minimum Gasteiger partial charge on any atom is -0.493 e. The van der Waals surface area contributed by atoms with Crippen molar-refractivity contribution in [3.8, 4) is 11.5 Å². The lowest BCUT2D eigenvalue weighted by Gasteiger charge is -2.07. The molecule has 3 aromatic rings. The number of esters is 1. The lowest BCUT2D eigenvalue weighted by Crippen LogP contribution is -2.21. The van der Waals surface area contributed by atoms with E-state index in [0.29, 0.717) is 0 Å². The number of nitro benzene ring substituents is 1. The van der Waals surface area contributed by atoms with Crippen molar-refractivity contribution in [1.82, 2.24) is 4.31 Å². The third-order valence-corrected chi connectivity index (χ3v) is 5.73. The molecule has 1 aromatic heterocycles. The van der Waals surface area contributed by atoms with Crippen molar-refractivity contribution >= 4 is 32.6 Å². The SMILES string of the molecule is COc1ccc(C(=O)Oc2ccc([N+](=O)[O-])cc2)c2cc(S(=O)(=O)N(C)C)oc12. The Morgan fingerprint density at radius 3 is 2.34 bits per heavy atom. The van der Waals surface area contributed by atoms with Crippen molar-refractivity contribution in [1.29, 1.82) is 0 Å². The van der Waals surface area contributed by atoms with Crippen LogP contribution in [0.15, 0.2) is 52.0 Å². The van der Waals surface area contributed by atoms with Gasteiger partial charge in [-0.3, -0.25) is 10.1 Å². The van der Waals surface area contributed by atoms with Gasteiger partial charge in [-0.2, -0.15) is 0 Å². The summed E-state index contributed by atoms with van der Waals surface area (Å²) in [6, 6.07) is 9.06. The lowest BCUT2D eigenvalue weighted by atomic mass is 10.1. The summed E-state index contributed by atoms with van der Waals surface area (Å²) in [7, 11) is 0.200. The zero-order valence-corrected chi connectivity index (χ0v) is 16.4. The van der Waals surface area contributed by atoms with Crippen molar-refractivity contribution in [3.63, 3.8) is 0 Å². The Balaban J connectivity index is 2.03. The first kappa shape index (κ1) is 20.3. The summed E-state index contributed by atoms with van der Waals surface area (Å²) in [4.78, 5) is 22.8. The summed E-state index contributed by atoms with van der Waals surface area (Å²) >= 11 is 0. The fourth-order valence-electron chi connectivity index (χ4n) is 2.52. The highest BCUT2D eigenvalue weighted by molar-refractivity contribution is 7.89. The highest BCUT2D eigenvalue weighted by Gasteiger charge is 2.26. The first-order chi connectivity index (χ1) is 13.6. The molecule has 29 heavy (non-hydrogen) atoms. The Hall–Kier alpha value is -3.44. The highest BCUT2D eigenvalue weighted by atomic mass is 32.2. The molecule has 0 radical (unpaired) electrons. The average molecular weight is 420 g/mol. The molecule has 0 amide bonds. The number of nitro groups is 1. The number of hydrogen-bond acceptors (Lipinski definition) is 8. The zero-order valence-electron chi connectivity index (χ0n) is 15.6. The van der Waals surface area contributed by atoms with Gasteiger partial charge in [-0.05, 0) is 24.3 Å². The van der Waals surface area contributed by atoms with Gasteiger partial charge in [0, 0.05) is 37.7 Å². The van der Waals surface area contributed by atoms with E-state index in [-0.39, 0.29) is 38.8 Å². The molecule has 10 nitrogen and oxygen atoms in total. The van der Waals surface area contributed by atoms with Gasteiger partial charge in [0.25, 0.3) is 15.7 Å². The van der Waals surface area contributed by atoms with Gasteiger partial charge < -0.3 is 13.9 Å². The van der Waals surface area contributed by atoms with Crippen LogP contribution in [0.3, 0.4) is 0 Å². The fourth-order valence-corrected chi connectivity index (χ4v) is 3.34. The minimum atomic E-state index is -3.88. The van der Waals surface area contributed by atoms with Crippen LogP contribution in [0.2, 0.25) is 0 Å². The largest absolute Gasteiger partial charge is 0.493 e. The molecule has 0 N–H and O–H groups in total. The molecule has 1 heterocycles. The maximum absolute atomic E-state index is 12.6. The molecule has 152 valence electrons. The Bertz CT molecular complexity index is 1200. The van der Waals surface area contributed by atoms with Crippen LogP contribution in [0.5, 0.6) is 11.5 Å². The molecular weight excluding hydrogens is 404 g/mol. The second kappa shape index (κ2) is 7.53. The number of benzene rings is 2. The lowest BCUT2D eigenvalue weighted by molar-refractivity contribution is -0.384. The summed E-state index contributed by atoms with van der Waals surface area (Å²) in [6.45, 7) is 0. The molecule has 11 heteroatoms. The number of ether oxygens (including phenoxy) is 2. The number of furan rings is 1. The van der Waals surface area contributed by atoms with Crippen LogP contribution in [0, 0.1) is 10.1 Å². The molecular formula is C18H16N2O8S. The molecule has 0 bridgehead atoms.